The average Bonchev–Trinajstić information content (AvgIpc) is 2.74. The topological polar surface area (TPSA) is 134 Å². The van der Waals surface area contributed by atoms with Crippen molar-refractivity contribution < 1.29 is 25.2 Å². The Labute approximate surface area is 189 Å². The van der Waals surface area contributed by atoms with Crippen LogP contribution in [0.3, 0.4) is 0 Å². The highest BCUT2D eigenvalue weighted by molar-refractivity contribution is 7.87. The van der Waals surface area contributed by atoms with E-state index >= 15 is 0 Å². The van der Waals surface area contributed by atoms with Crippen molar-refractivity contribution >= 4 is 20.2 Å². The summed E-state index contributed by atoms with van der Waals surface area (Å²) in [6, 6.07) is 15.7. The Morgan fingerprint density at radius 1 is 0.688 bits per heavy atom. The number of hydrogen-bond donors (Lipinski definition) is 0. The molecule has 0 aliphatic rings. The van der Waals surface area contributed by atoms with Gasteiger partial charge >= 0.3 is 0 Å². The fourth-order valence-corrected chi connectivity index (χ4v) is 5.10. The van der Waals surface area contributed by atoms with E-state index in [1.54, 1.807) is 38.1 Å². The van der Waals surface area contributed by atoms with Gasteiger partial charge in [0.05, 0.1) is 21.9 Å². The molecule has 170 valence electrons. The van der Waals surface area contributed by atoms with Crippen molar-refractivity contribution in [3.8, 4) is 12.1 Å². The molecule has 0 amide bonds. The SMILES string of the molecule is Cc1ccc(S(=O)(=O)O[C@@H](CCC#N)[C@@H](CCC#N)OS(=O)(=O)c2ccc(C)cc2)cc1. The zero-order valence-electron chi connectivity index (χ0n) is 17.8. The van der Waals surface area contributed by atoms with E-state index in [-0.39, 0.29) is 35.5 Å². The Bertz CT molecular complexity index is 1100. The molecule has 0 aromatic heterocycles. The van der Waals surface area contributed by atoms with E-state index in [1.165, 1.54) is 24.3 Å². The maximum absolute atomic E-state index is 12.8. The zero-order chi connectivity index (χ0) is 23.8. The van der Waals surface area contributed by atoms with Gasteiger partial charge in [-0.15, -0.1) is 0 Å². The van der Waals surface area contributed by atoms with Gasteiger partial charge in [-0.05, 0) is 51.0 Å². The van der Waals surface area contributed by atoms with Crippen LogP contribution in [0, 0.1) is 36.5 Å². The molecule has 32 heavy (non-hydrogen) atoms. The Hall–Kier alpha value is -2.76. The summed E-state index contributed by atoms with van der Waals surface area (Å²) in [5.41, 5.74) is 1.70. The first-order valence-electron chi connectivity index (χ1n) is 9.83. The fraction of sp³-hybridized carbons (Fsp3) is 0.364. The van der Waals surface area contributed by atoms with Crippen LogP contribution in [0.25, 0.3) is 0 Å². The molecule has 2 aromatic carbocycles. The van der Waals surface area contributed by atoms with Gasteiger partial charge in [0.2, 0.25) is 0 Å². The Kier molecular flexibility index (Phi) is 8.93. The molecule has 0 unspecified atom stereocenters. The predicted octanol–water partition coefficient (Wildman–Crippen LogP) is 3.76. The number of benzene rings is 2. The van der Waals surface area contributed by atoms with Gasteiger partial charge in [-0.25, -0.2) is 0 Å². The average molecular weight is 477 g/mol. The number of rotatable bonds is 11. The van der Waals surface area contributed by atoms with E-state index in [0.717, 1.165) is 11.1 Å². The summed E-state index contributed by atoms with van der Waals surface area (Å²) >= 11 is 0. The molecule has 2 atom stereocenters. The molecule has 0 saturated heterocycles. The van der Waals surface area contributed by atoms with Crippen molar-refractivity contribution in [3.63, 3.8) is 0 Å². The second-order valence-electron chi connectivity index (χ2n) is 7.20. The van der Waals surface area contributed by atoms with Crippen LogP contribution in [0.2, 0.25) is 0 Å². The van der Waals surface area contributed by atoms with E-state index < -0.39 is 32.4 Å². The van der Waals surface area contributed by atoms with Gasteiger partial charge < -0.3 is 0 Å². The van der Waals surface area contributed by atoms with Gasteiger partial charge in [0.1, 0.15) is 12.2 Å². The summed E-state index contributed by atoms with van der Waals surface area (Å²) in [6.07, 6.45) is -2.94. The third-order valence-electron chi connectivity index (χ3n) is 4.62. The van der Waals surface area contributed by atoms with E-state index in [2.05, 4.69) is 0 Å². The van der Waals surface area contributed by atoms with Gasteiger partial charge in [-0.3, -0.25) is 8.37 Å². The Morgan fingerprint density at radius 3 is 1.28 bits per heavy atom. The minimum Gasteiger partial charge on any atom is -0.260 e. The van der Waals surface area contributed by atoms with E-state index in [9.17, 15) is 16.8 Å². The van der Waals surface area contributed by atoms with Crippen LogP contribution in [-0.2, 0) is 28.6 Å². The molecule has 0 aliphatic heterocycles. The molecule has 0 radical (unpaired) electrons. The normalized spacial score (nSPS) is 13.6. The van der Waals surface area contributed by atoms with E-state index in [4.69, 9.17) is 18.9 Å². The van der Waals surface area contributed by atoms with Crippen molar-refractivity contribution in [1.29, 1.82) is 10.5 Å². The second kappa shape index (κ2) is 11.2. The van der Waals surface area contributed by atoms with Gasteiger partial charge in [0, 0.05) is 12.8 Å². The lowest BCUT2D eigenvalue weighted by atomic mass is 10.1. The first kappa shape index (κ1) is 25.5. The number of nitrogens with zero attached hydrogens (tertiary/aromatic N) is 2. The second-order valence-corrected chi connectivity index (χ2v) is 10.3. The summed E-state index contributed by atoms with van der Waals surface area (Å²) in [6.45, 7) is 3.60. The first-order chi connectivity index (χ1) is 15.1. The molecular weight excluding hydrogens is 452 g/mol. The molecule has 0 fully saturated rings. The first-order valence-corrected chi connectivity index (χ1v) is 12.6. The summed E-state index contributed by atoms with van der Waals surface area (Å²) in [5.74, 6) is 0. The predicted molar refractivity (Wildman–Crippen MR) is 116 cm³/mol. The summed E-state index contributed by atoms with van der Waals surface area (Å²) in [7, 11) is -8.54. The molecule has 2 aromatic rings. The van der Waals surface area contributed by atoms with Crippen LogP contribution < -0.4 is 0 Å². The van der Waals surface area contributed by atoms with Crippen molar-refractivity contribution in [1.82, 2.24) is 0 Å². The number of hydrogen-bond acceptors (Lipinski definition) is 8. The van der Waals surface area contributed by atoms with E-state index in [0.29, 0.717) is 0 Å². The minimum atomic E-state index is -4.27. The lowest BCUT2D eigenvalue weighted by Gasteiger charge is -2.25. The fourth-order valence-electron chi connectivity index (χ4n) is 2.85. The smallest absolute Gasteiger partial charge is 0.260 e. The summed E-state index contributed by atoms with van der Waals surface area (Å²) < 4.78 is 61.9. The van der Waals surface area contributed by atoms with Crippen molar-refractivity contribution in [2.24, 2.45) is 0 Å². The van der Waals surface area contributed by atoms with Gasteiger partial charge in [0.25, 0.3) is 20.2 Å². The van der Waals surface area contributed by atoms with Gasteiger partial charge in [0.15, 0.2) is 0 Å². The van der Waals surface area contributed by atoms with Crippen LogP contribution in [-0.4, -0.2) is 29.0 Å². The third-order valence-corrected chi connectivity index (χ3v) is 7.32. The lowest BCUT2D eigenvalue weighted by Crippen LogP contribution is -2.35. The highest BCUT2D eigenvalue weighted by Gasteiger charge is 2.33. The number of nitriles is 2. The third kappa shape index (κ3) is 7.14. The monoisotopic (exact) mass is 476 g/mol. The van der Waals surface area contributed by atoms with Crippen molar-refractivity contribution in [2.45, 2.75) is 61.5 Å². The quantitative estimate of drug-likeness (QED) is 0.447. The zero-order valence-corrected chi connectivity index (χ0v) is 19.4. The Morgan fingerprint density at radius 2 is 1.00 bits per heavy atom. The molecule has 0 heterocycles. The molecule has 0 N–H and O–H groups in total. The van der Waals surface area contributed by atoms with Crippen LogP contribution in [0.15, 0.2) is 58.3 Å². The van der Waals surface area contributed by atoms with Crippen LogP contribution >= 0.6 is 0 Å². The largest absolute Gasteiger partial charge is 0.297 e. The minimum absolute atomic E-state index is 0.0922. The van der Waals surface area contributed by atoms with Gasteiger partial charge in [-0.2, -0.15) is 27.4 Å². The maximum Gasteiger partial charge on any atom is 0.297 e. The van der Waals surface area contributed by atoms with Crippen molar-refractivity contribution in [2.75, 3.05) is 0 Å². The molecule has 0 spiro atoms. The molecule has 2 rings (SSSR count). The van der Waals surface area contributed by atoms with Crippen LogP contribution in [0.1, 0.15) is 36.8 Å². The maximum atomic E-state index is 12.8. The standard InChI is InChI=1S/C22H24N2O6S2/c1-17-7-11-19(12-8-17)31(25,26)29-21(5-3-15-23)22(6-4-16-24)30-32(27,28)20-13-9-18(2)10-14-20/h7-14,21-22H,3-6H2,1-2H3/t21-,22+. The van der Waals surface area contributed by atoms with Crippen LogP contribution in [0.5, 0.6) is 0 Å². The summed E-state index contributed by atoms with van der Waals surface area (Å²) in [5, 5.41) is 18.0. The number of aryl methyl sites for hydroxylation is 2. The highest BCUT2D eigenvalue weighted by atomic mass is 32.2. The lowest BCUT2D eigenvalue weighted by molar-refractivity contribution is 0.0532. The van der Waals surface area contributed by atoms with Crippen molar-refractivity contribution in [3.05, 3.63) is 59.7 Å². The molecule has 10 heteroatoms. The molecule has 0 bridgehead atoms. The van der Waals surface area contributed by atoms with Gasteiger partial charge in [-0.1, -0.05) is 35.4 Å². The van der Waals surface area contributed by atoms with E-state index in [1.807, 2.05) is 12.1 Å². The molecule has 0 aliphatic carbocycles. The molecular formula is C22H24N2O6S2. The Balaban J connectivity index is 2.37. The van der Waals surface area contributed by atoms with Crippen LogP contribution in [0.4, 0.5) is 0 Å². The molecule has 0 saturated carbocycles. The summed E-state index contributed by atoms with van der Waals surface area (Å²) in [4.78, 5) is -0.212. The molecule has 8 nitrogen and oxygen atoms in total. The highest BCUT2D eigenvalue weighted by Crippen LogP contribution is 2.26.